The number of benzene rings is 4. The first-order chi connectivity index (χ1) is 10.1. The molecular formula is C20H16. The van der Waals surface area contributed by atoms with Crippen LogP contribution in [0.15, 0.2) is 60.6 Å². The Hall–Kier alpha value is -2.34. The number of fused-ring (bicyclic) bond motifs is 4. The third-order valence-corrected chi connectivity index (χ3v) is 4.22. The lowest BCUT2D eigenvalue weighted by atomic mass is 9.96. The molecule has 0 radical (unpaired) electrons. The standard InChI is InChI=1S/C20H16/c1-13-9-17-11-16-8-7-15-5-3-4-6-19(15)20(16)12-18(17)10-14(13)2/h3-12H,1-2H3/i7D. The molecule has 4 aromatic carbocycles. The van der Waals surface area contributed by atoms with Crippen LogP contribution in [0.25, 0.3) is 32.3 Å². The highest BCUT2D eigenvalue weighted by atomic mass is 14.1. The summed E-state index contributed by atoms with van der Waals surface area (Å²) >= 11 is 0. The zero-order valence-electron chi connectivity index (χ0n) is 12.7. The largest absolute Gasteiger partial charge is 0.0629 e. The molecule has 0 saturated heterocycles. The van der Waals surface area contributed by atoms with Crippen molar-refractivity contribution < 1.29 is 1.37 Å². The summed E-state index contributed by atoms with van der Waals surface area (Å²) in [5.74, 6) is 0. The molecule has 0 heterocycles. The van der Waals surface area contributed by atoms with Crippen LogP contribution in [0.4, 0.5) is 0 Å². The normalized spacial score (nSPS) is 12.2. The first-order valence-corrected chi connectivity index (χ1v) is 6.96. The van der Waals surface area contributed by atoms with Crippen LogP contribution in [0, 0.1) is 13.8 Å². The van der Waals surface area contributed by atoms with Gasteiger partial charge in [-0.3, -0.25) is 0 Å². The fourth-order valence-electron chi connectivity index (χ4n) is 2.95. The highest BCUT2D eigenvalue weighted by molar-refractivity contribution is 6.12. The van der Waals surface area contributed by atoms with Gasteiger partial charge in [0.05, 0.1) is 1.37 Å². The second-order valence-corrected chi connectivity index (χ2v) is 5.56. The molecule has 0 unspecified atom stereocenters. The summed E-state index contributed by atoms with van der Waals surface area (Å²) in [6.07, 6.45) is 0. The average Bonchev–Trinajstić information content (AvgIpc) is 2.48. The zero-order chi connectivity index (χ0) is 14.6. The minimum Gasteiger partial charge on any atom is -0.0616 e. The molecule has 96 valence electrons. The van der Waals surface area contributed by atoms with Crippen molar-refractivity contribution in [1.82, 2.24) is 0 Å². The number of rotatable bonds is 0. The van der Waals surface area contributed by atoms with Gasteiger partial charge >= 0.3 is 0 Å². The molecule has 20 heavy (non-hydrogen) atoms. The Balaban J connectivity index is 2.23. The van der Waals surface area contributed by atoms with Gasteiger partial charge in [-0.1, -0.05) is 48.5 Å². The molecule has 0 aliphatic carbocycles. The van der Waals surface area contributed by atoms with Crippen LogP contribution in [0.3, 0.4) is 0 Å². The molecule has 4 aromatic rings. The lowest BCUT2D eigenvalue weighted by Crippen LogP contribution is -1.84. The van der Waals surface area contributed by atoms with Crippen LogP contribution in [0.5, 0.6) is 0 Å². The minimum absolute atomic E-state index is 0.598. The first kappa shape index (κ1) is 10.4. The Morgan fingerprint density at radius 3 is 2.15 bits per heavy atom. The highest BCUT2D eigenvalue weighted by Crippen LogP contribution is 2.30. The van der Waals surface area contributed by atoms with Crippen molar-refractivity contribution in [2.75, 3.05) is 0 Å². The van der Waals surface area contributed by atoms with Crippen molar-refractivity contribution in [3.63, 3.8) is 0 Å². The molecule has 0 aliphatic rings. The van der Waals surface area contributed by atoms with E-state index in [1.165, 1.54) is 32.7 Å². The maximum atomic E-state index is 8.23. The van der Waals surface area contributed by atoms with Crippen molar-refractivity contribution in [2.24, 2.45) is 0 Å². The predicted octanol–water partition coefficient (Wildman–Crippen LogP) is 5.76. The molecule has 0 heteroatoms. The monoisotopic (exact) mass is 257 g/mol. The molecule has 0 N–H and O–H groups in total. The van der Waals surface area contributed by atoms with Crippen LogP contribution < -0.4 is 0 Å². The summed E-state index contributed by atoms with van der Waals surface area (Å²) in [4.78, 5) is 0. The average molecular weight is 257 g/mol. The van der Waals surface area contributed by atoms with Gasteiger partial charge in [0.15, 0.2) is 0 Å². The maximum absolute atomic E-state index is 8.23. The van der Waals surface area contributed by atoms with Crippen molar-refractivity contribution in [2.45, 2.75) is 13.8 Å². The Labute approximate surface area is 120 Å². The molecule has 0 amide bonds. The summed E-state index contributed by atoms with van der Waals surface area (Å²) in [7, 11) is 0. The zero-order valence-corrected chi connectivity index (χ0v) is 11.7. The summed E-state index contributed by atoms with van der Waals surface area (Å²) in [5.41, 5.74) is 2.64. The van der Waals surface area contributed by atoms with Crippen molar-refractivity contribution >= 4 is 32.3 Å². The summed E-state index contributed by atoms with van der Waals surface area (Å²) in [6.45, 7) is 4.30. The molecule has 0 bridgehead atoms. The SMILES string of the molecule is [2H]c1cc2cc3cc(C)c(C)cc3cc2c2ccccc12. The van der Waals surface area contributed by atoms with Gasteiger partial charge in [-0.25, -0.2) is 0 Å². The molecule has 0 atom stereocenters. The van der Waals surface area contributed by atoms with Crippen molar-refractivity contribution in [3.8, 4) is 0 Å². The van der Waals surface area contributed by atoms with E-state index in [1.807, 2.05) is 24.3 Å². The predicted molar refractivity (Wildman–Crippen MR) is 88.4 cm³/mol. The Morgan fingerprint density at radius 1 is 0.650 bits per heavy atom. The van der Waals surface area contributed by atoms with Gasteiger partial charge in [0.2, 0.25) is 0 Å². The Bertz CT molecular complexity index is 1010. The molecule has 0 spiro atoms. The number of hydrogen-bond donors (Lipinski definition) is 0. The lowest BCUT2D eigenvalue weighted by Gasteiger charge is -2.08. The third kappa shape index (κ3) is 1.61. The quantitative estimate of drug-likeness (QED) is 0.277. The van der Waals surface area contributed by atoms with E-state index in [-0.39, 0.29) is 0 Å². The van der Waals surface area contributed by atoms with Crippen LogP contribution in [-0.2, 0) is 0 Å². The van der Waals surface area contributed by atoms with E-state index in [2.05, 4.69) is 44.2 Å². The molecular weight excluding hydrogens is 240 g/mol. The fourth-order valence-corrected chi connectivity index (χ4v) is 2.95. The third-order valence-electron chi connectivity index (χ3n) is 4.22. The smallest absolute Gasteiger partial charge is 0.0616 e. The van der Waals surface area contributed by atoms with E-state index >= 15 is 0 Å². The summed E-state index contributed by atoms with van der Waals surface area (Å²) < 4.78 is 8.23. The number of aryl methyl sites for hydroxylation is 2. The van der Waals surface area contributed by atoms with E-state index in [9.17, 15) is 0 Å². The van der Waals surface area contributed by atoms with E-state index in [1.54, 1.807) is 0 Å². The molecule has 0 aromatic heterocycles. The van der Waals surface area contributed by atoms with Crippen LogP contribution >= 0.6 is 0 Å². The molecule has 0 fully saturated rings. The first-order valence-electron chi connectivity index (χ1n) is 7.46. The second kappa shape index (κ2) is 4.08. The molecule has 0 nitrogen and oxygen atoms in total. The van der Waals surface area contributed by atoms with Gasteiger partial charge in [-0.05, 0) is 69.4 Å². The van der Waals surface area contributed by atoms with Gasteiger partial charge in [0, 0.05) is 0 Å². The summed E-state index contributed by atoms with van der Waals surface area (Å²) in [6, 6.07) is 19.7. The van der Waals surface area contributed by atoms with Crippen LogP contribution in [-0.4, -0.2) is 0 Å². The topological polar surface area (TPSA) is 0 Å². The van der Waals surface area contributed by atoms with E-state index in [4.69, 9.17) is 1.37 Å². The van der Waals surface area contributed by atoms with Crippen LogP contribution in [0.1, 0.15) is 12.5 Å². The fraction of sp³-hybridized carbons (Fsp3) is 0.100. The van der Waals surface area contributed by atoms with Gasteiger partial charge < -0.3 is 0 Å². The van der Waals surface area contributed by atoms with E-state index in [0.29, 0.717) is 6.04 Å². The molecule has 0 saturated carbocycles. The Morgan fingerprint density at radius 2 is 1.35 bits per heavy atom. The number of hydrogen-bond acceptors (Lipinski definition) is 0. The van der Waals surface area contributed by atoms with Crippen molar-refractivity contribution in [1.29, 1.82) is 0 Å². The van der Waals surface area contributed by atoms with Gasteiger partial charge in [-0.15, -0.1) is 0 Å². The van der Waals surface area contributed by atoms with Crippen LogP contribution in [0.2, 0.25) is 0 Å². The maximum Gasteiger partial charge on any atom is 0.0629 e. The van der Waals surface area contributed by atoms with E-state index < -0.39 is 0 Å². The van der Waals surface area contributed by atoms with E-state index in [0.717, 1.165) is 10.8 Å². The molecule has 4 rings (SSSR count). The molecule has 0 aliphatic heterocycles. The van der Waals surface area contributed by atoms with Crippen molar-refractivity contribution in [3.05, 3.63) is 71.8 Å². The van der Waals surface area contributed by atoms with Gasteiger partial charge in [-0.2, -0.15) is 0 Å². The highest BCUT2D eigenvalue weighted by Gasteiger charge is 2.04. The summed E-state index contributed by atoms with van der Waals surface area (Å²) in [5, 5.41) is 7.09. The lowest BCUT2D eigenvalue weighted by molar-refractivity contribution is 1.37. The Kier molecular flexibility index (Phi) is 2.13. The second-order valence-electron chi connectivity index (χ2n) is 5.56. The van der Waals surface area contributed by atoms with Gasteiger partial charge in [0.25, 0.3) is 0 Å². The van der Waals surface area contributed by atoms with Gasteiger partial charge in [0.1, 0.15) is 0 Å². The minimum atomic E-state index is 0.598.